The lowest BCUT2D eigenvalue weighted by Gasteiger charge is -1.96. The summed E-state index contributed by atoms with van der Waals surface area (Å²) in [6.45, 7) is 6.15. The molecule has 0 atom stereocenters. The Morgan fingerprint density at radius 1 is 1.36 bits per heavy atom. The number of carbonyl (C=O) groups is 1. The van der Waals surface area contributed by atoms with E-state index in [4.69, 9.17) is 0 Å². The molecule has 0 aromatic carbocycles. The average Bonchev–Trinajstić information content (AvgIpc) is 2.01. The first-order valence-electron chi connectivity index (χ1n) is 4.38. The van der Waals surface area contributed by atoms with Crippen molar-refractivity contribution in [2.75, 3.05) is 0 Å². The standard InChI is InChI=1S/C10H18O/c1-4-6-9(3)7-8-10(11)5-2/h7H,4-6,8H2,1-3H3/b9-7+. The van der Waals surface area contributed by atoms with Gasteiger partial charge < -0.3 is 0 Å². The minimum absolute atomic E-state index is 0.334. The van der Waals surface area contributed by atoms with E-state index < -0.39 is 0 Å². The molecule has 0 heterocycles. The fourth-order valence-corrected chi connectivity index (χ4v) is 0.929. The fraction of sp³-hybridized carbons (Fsp3) is 0.700. The molecule has 11 heavy (non-hydrogen) atoms. The molecule has 0 aromatic rings. The second kappa shape index (κ2) is 6.14. The van der Waals surface area contributed by atoms with Crippen LogP contribution in [0.25, 0.3) is 0 Å². The van der Waals surface area contributed by atoms with Crippen molar-refractivity contribution in [2.45, 2.75) is 46.5 Å². The molecule has 0 spiro atoms. The Bertz CT molecular complexity index is 145. The molecule has 0 unspecified atom stereocenters. The predicted molar refractivity (Wildman–Crippen MR) is 48.6 cm³/mol. The van der Waals surface area contributed by atoms with Crippen LogP contribution in [0.5, 0.6) is 0 Å². The minimum atomic E-state index is 0.334. The average molecular weight is 154 g/mol. The molecular weight excluding hydrogens is 136 g/mol. The van der Waals surface area contributed by atoms with Crippen molar-refractivity contribution < 1.29 is 4.79 Å². The van der Waals surface area contributed by atoms with Gasteiger partial charge in [-0.15, -0.1) is 0 Å². The van der Waals surface area contributed by atoms with E-state index >= 15 is 0 Å². The van der Waals surface area contributed by atoms with Crippen LogP contribution in [0.4, 0.5) is 0 Å². The number of rotatable bonds is 5. The zero-order valence-electron chi connectivity index (χ0n) is 7.81. The first kappa shape index (κ1) is 10.4. The van der Waals surface area contributed by atoms with Gasteiger partial charge in [-0.25, -0.2) is 0 Å². The van der Waals surface area contributed by atoms with Crippen LogP contribution in [0.3, 0.4) is 0 Å². The predicted octanol–water partition coefficient (Wildman–Crippen LogP) is 3.10. The molecular formula is C10H18O. The van der Waals surface area contributed by atoms with Crippen LogP contribution < -0.4 is 0 Å². The summed E-state index contributed by atoms with van der Waals surface area (Å²) in [6.07, 6.45) is 5.63. The van der Waals surface area contributed by atoms with E-state index in [-0.39, 0.29) is 0 Å². The van der Waals surface area contributed by atoms with Gasteiger partial charge in [0.15, 0.2) is 0 Å². The van der Waals surface area contributed by atoms with Gasteiger partial charge >= 0.3 is 0 Å². The van der Waals surface area contributed by atoms with Crippen molar-refractivity contribution in [3.8, 4) is 0 Å². The summed E-state index contributed by atoms with van der Waals surface area (Å²) in [5.74, 6) is 0.334. The van der Waals surface area contributed by atoms with Gasteiger partial charge in [-0.1, -0.05) is 31.9 Å². The van der Waals surface area contributed by atoms with E-state index in [9.17, 15) is 4.79 Å². The van der Waals surface area contributed by atoms with Crippen LogP contribution >= 0.6 is 0 Å². The number of Topliss-reactive ketones (excluding diaryl/α,β-unsaturated/α-hetero) is 1. The van der Waals surface area contributed by atoms with E-state index in [1.54, 1.807) is 0 Å². The van der Waals surface area contributed by atoms with Gasteiger partial charge in [-0.2, -0.15) is 0 Å². The van der Waals surface area contributed by atoms with Crippen LogP contribution in [-0.4, -0.2) is 5.78 Å². The van der Waals surface area contributed by atoms with E-state index in [2.05, 4.69) is 19.9 Å². The summed E-state index contributed by atoms with van der Waals surface area (Å²) in [5.41, 5.74) is 1.34. The quantitative estimate of drug-likeness (QED) is 0.556. The smallest absolute Gasteiger partial charge is 0.136 e. The van der Waals surface area contributed by atoms with Gasteiger partial charge in [0.1, 0.15) is 5.78 Å². The molecule has 0 aromatic heterocycles. The first-order chi connectivity index (χ1) is 5.20. The van der Waals surface area contributed by atoms with Crippen molar-refractivity contribution in [3.63, 3.8) is 0 Å². The van der Waals surface area contributed by atoms with Gasteiger partial charge in [-0.05, 0) is 13.3 Å². The fourth-order valence-electron chi connectivity index (χ4n) is 0.929. The van der Waals surface area contributed by atoms with Gasteiger partial charge in [0.2, 0.25) is 0 Å². The van der Waals surface area contributed by atoms with E-state index in [0.717, 1.165) is 6.42 Å². The van der Waals surface area contributed by atoms with Crippen molar-refractivity contribution in [3.05, 3.63) is 11.6 Å². The molecule has 0 N–H and O–H groups in total. The van der Waals surface area contributed by atoms with Gasteiger partial charge in [-0.3, -0.25) is 4.79 Å². The molecule has 1 nitrogen and oxygen atoms in total. The summed E-state index contributed by atoms with van der Waals surface area (Å²) in [7, 11) is 0. The summed E-state index contributed by atoms with van der Waals surface area (Å²) in [4.78, 5) is 10.9. The molecule has 0 fully saturated rings. The van der Waals surface area contributed by atoms with Crippen LogP contribution in [-0.2, 0) is 4.79 Å². The Kier molecular flexibility index (Phi) is 5.81. The third-order valence-electron chi connectivity index (χ3n) is 1.72. The summed E-state index contributed by atoms with van der Waals surface area (Å²) >= 11 is 0. The second-order valence-corrected chi connectivity index (χ2v) is 2.90. The van der Waals surface area contributed by atoms with Gasteiger partial charge in [0.25, 0.3) is 0 Å². The van der Waals surface area contributed by atoms with E-state index in [1.807, 2.05) is 6.92 Å². The third-order valence-corrected chi connectivity index (χ3v) is 1.72. The summed E-state index contributed by atoms with van der Waals surface area (Å²) < 4.78 is 0. The zero-order chi connectivity index (χ0) is 8.69. The number of hydrogen-bond acceptors (Lipinski definition) is 1. The Morgan fingerprint density at radius 2 is 2.00 bits per heavy atom. The third kappa shape index (κ3) is 5.84. The van der Waals surface area contributed by atoms with Crippen LogP contribution in [0.1, 0.15) is 46.5 Å². The maximum Gasteiger partial charge on any atom is 0.136 e. The summed E-state index contributed by atoms with van der Waals surface area (Å²) in [5, 5.41) is 0. The topological polar surface area (TPSA) is 17.1 Å². The van der Waals surface area contributed by atoms with Gasteiger partial charge in [0, 0.05) is 12.8 Å². The minimum Gasteiger partial charge on any atom is -0.299 e. The highest BCUT2D eigenvalue weighted by Gasteiger charge is 1.94. The molecule has 0 aliphatic carbocycles. The largest absolute Gasteiger partial charge is 0.299 e. The van der Waals surface area contributed by atoms with Crippen molar-refractivity contribution in [2.24, 2.45) is 0 Å². The summed E-state index contributed by atoms with van der Waals surface area (Å²) in [6, 6.07) is 0. The first-order valence-corrected chi connectivity index (χ1v) is 4.38. The van der Waals surface area contributed by atoms with Crippen LogP contribution in [0.2, 0.25) is 0 Å². The normalized spacial score (nSPS) is 11.7. The van der Waals surface area contributed by atoms with E-state index in [1.165, 1.54) is 12.0 Å². The Morgan fingerprint density at radius 3 is 2.45 bits per heavy atom. The molecule has 64 valence electrons. The van der Waals surface area contributed by atoms with Crippen LogP contribution in [0, 0.1) is 0 Å². The zero-order valence-corrected chi connectivity index (χ0v) is 7.81. The molecule has 0 rings (SSSR count). The maximum absolute atomic E-state index is 10.9. The number of hydrogen-bond donors (Lipinski definition) is 0. The monoisotopic (exact) mass is 154 g/mol. The molecule has 1 heteroatoms. The Hall–Kier alpha value is -0.590. The highest BCUT2D eigenvalue weighted by molar-refractivity contribution is 5.79. The van der Waals surface area contributed by atoms with Crippen molar-refractivity contribution in [1.29, 1.82) is 0 Å². The van der Waals surface area contributed by atoms with Crippen LogP contribution in [0.15, 0.2) is 11.6 Å². The molecule has 0 bridgehead atoms. The number of carbonyl (C=O) groups excluding carboxylic acids is 1. The Labute approximate surface area is 69.5 Å². The maximum atomic E-state index is 10.9. The molecule has 0 radical (unpaired) electrons. The lowest BCUT2D eigenvalue weighted by molar-refractivity contribution is -0.117. The van der Waals surface area contributed by atoms with Gasteiger partial charge in [0.05, 0.1) is 0 Å². The molecule has 0 saturated heterocycles. The van der Waals surface area contributed by atoms with Crippen molar-refractivity contribution >= 4 is 5.78 Å². The highest BCUT2D eigenvalue weighted by Crippen LogP contribution is 2.04. The second-order valence-electron chi connectivity index (χ2n) is 2.90. The molecule has 0 saturated carbocycles. The number of ketones is 1. The molecule has 0 amide bonds. The SMILES string of the molecule is CCC/C(C)=C/CC(=O)CC. The number of allylic oxidation sites excluding steroid dienone is 2. The lowest BCUT2D eigenvalue weighted by Crippen LogP contribution is -1.91. The molecule has 0 aliphatic rings. The lowest BCUT2D eigenvalue weighted by atomic mass is 10.1. The van der Waals surface area contributed by atoms with E-state index in [0.29, 0.717) is 18.6 Å². The highest BCUT2D eigenvalue weighted by atomic mass is 16.1. The van der Waals surface area contributed by atoms with Crippen molar-refractivity contribution in [1.82, 2.24) is 0 Å². The molecule has 0 aliphatic heterocycles. The Balaban J connectivity index is 3.63.